The molecule has 0 aliphatic heterocycles. The predicted octanol–water partition coefficient (Wildman–Crippen LogP) is 2.29. The van der Waals surface area contributed by atoms with Crippen molar-refractivity contribution in [1.29, 1.82) is 0 Å². The van der Waals surface area contributed by atoms with Gasteiger partial charge in [-0.2, -0.15) is 0 Å². The summed E-state index contributed by atoms with van der Waals surface area (Å²) in [6.07, 6.45) is 0. The van der Waals surface area contributed by atoms with Crippen LogP contribution < -0.4 is 16.8 Å². The van der Waals surface area contributed by atoms with Crippen LogP contribution in [0.1, 0.15) is 5.56 Å². The third-order valence-electron chi connectivity index (χ3n) is 2.48. The normalized spacial score (nSPS) is 10.0. The van der Waals surface area contributed by atoms with E-state index in [9.17, 15) is 5.11 Å². The minimum atomic E-state index is 0.135. The molecule has 0 saturated carbocycles. The summed E-state index contributed by atoms with van der Waals surface area (Å²) in [7, 11) is 3.47. The molecule has 2 aromatic carbocycles. The van der Waals surface area contributed by atoms with Crippen LogP contribution >= 0.6 is 8.86 Å². The molecule has 0 aliphatic carbocycles. The maximum Gasteiger partial charge on any atom is 0.139 e. The molecule has 18 heavy (non-hydrogen) atoms. The van der Waals surface area contributed by atoms with E-state index in [1.165, 1.54) is 0 Å². The number of phenols is 1. The Morgan fingerprint density at radius 3 is 2.28 bits per heavy atom. The topological polar surface area (TPSA) is 84.3 Å². The van der Waals surface area contributed by atoms with Crippen LogP contribution in [-0.4, -0.2) is 10.5 Å². The third kappa shape index (κ3) is 2.73. The zero-order chi connectivity index (χ0) is 13.1. The first-order chi connectivity index (χ1) is 8.56. The summed E-state index contributed by atoms with van der Waals surface area (Å²) in [5.41, 5.74) is 14.7. The lowest BCUT2D eigenvalue weighted by Crippen LogP contribution is -2.10. The number of phenolic OH excluding ortho intramolecular Hbond substituents is 1. The van der Waals surface area contributed by atoms with Gasteiger partial charge < -0.3 is 21.9 Å². The minimum absolute atomic E-state index is 0.135. The number of benzene rings is 2. The van der Waals surface area contributed by atoms with Crippen molar-refractivity contribution in [2.24, 2.45) is 0 Å². The molecule has 0 fully saturated rings. The Hall–Kier alpha value is -2.19. The highest BCUT2D eigenvalue weighted by molar-refractivity contribution is 7.22. The Labute approximate surface area is 107 Å². The SMILES string of the molecule is Nc1ccc(C(=P)Nc2cc(N)ccc2O)cc1. The van der Waals surface area contributed by atoms with Crippen LogP contribution in [0, 0.1) is 0 Å². The van der Waals surface area contributed by atoms with E-state index in [4.69, 9.17) is 11.5 Å². The van der Waals surface area contributed by atoms with Crippen molar-refractivity contribution in [2.75, 3.05) is 16.8 Å². The number of nitrogens with two attached hydrogens (primary N) is 2. The highest BCUT2D eigenvalue weighted by Gasteiger charge is 2.04. The van der Waals surface area contributed by atoms with E-state index < -0.39 is 0 Å². The first-order valence-electron chi connectivity index (χ1n) is 5.36. The van der Waals surface area contributed by atoms with E-state index in [0.29, 0.717) is 17.1 Å². The van der Waals surface area contributed by atoms with Crippen molar-refractivity contribution >= 4 is 31.3 Å². The monoisotopic (exact) mass is 259 g/mol. The highest BCUT2D eigenvalue weighted by Crippen LogP contribution is 2.26. The molecule has 2 rings (SSSR count). The second-order valence-electron chi connectivity index (χ2n) is 3.90. The van der Waals surface area contributed by atoms with E-state index in [2.05, 4.69) is 14.2 Å². The van der Waals surface area contributed by atoms with Crippen molar-refractivity contribution in [3.63, 3.8) is 0 Å². The summed E-state index contributed by atoms with van der Waals surface area (Å²) in [5.74, 6) is 0.135. The van der Waals surface area contributed by atoms with Crippen molar-refractivity contribution in [3.05, 3.63) is 48.0 Å². The van der Waals surface area contributed by atoms with Crippen LogP contribution in [0.25, 0.3) is 0 Å². The van der Waals surface area contributed by atoms with E-state index in [0.717, 1.165) is 11.0 Å². The fourth-order valence-electron chi connectivity index (χ4n) is 1.51. The molecule has 4 nitrogen and oxygen atoms in total. The van der Waals surface area contributed by atoms with Crippen LogP contribution in [0.3, 0.4) is 0 Å². The van der Waals surface area contributed by atoms with E-state index >= 15 is 0 Å². The second kappa shape index (κ2) is 4.98. The fourth-order valence-corrected chi connectivity index (χ4v) is 1.81. The van der Waals surface area contributed by atoms with Gasteiger partial charge >= 0.3 is 0 Å². The Bertz CT molecular complexity index is 581. The van der Waals surface area contributed by atoms with Crippen molar-refractivity contribution in [1.82, 2.24) is 0 Å². The van der Waals surface area contributed by atoms with E-state index in [-0.39, 0.29) is 5.75 Å². The smallest absolute Gasteiger partial charge is 0.139 e. The van der Waals surface area contributed by atoms with Crippen LogP contribution in [-0.2, 0) is 0 Å². The molecule has 92 valence electrons. The number of rotatable bonds is 3. The van der Waals surface area contributed by atoms with Crippen molar-refractivity contribution < 1.29 is 5.11 Å². The molecule has 0 bridgehead atoms. The fraction of sp³-hybridized carbons (Fsp3) is 0. The molecular weight excluding hydrogens is 245 g/mol. The van der Waals surface area contributed by atoms with Gasteiger partial charge in [-0.15, -0.1) is 0 Å². The molecule has 6 N–H and O–H groups in total. The van der Waals surface area contributed by atoms with Gasteiger partial charge in [0.25, 0.3) is 0 Å². The van der Waals surface area contributed by atoms with Crippen molar-refractivity contribution in [2.45, 2.75) is 0 Å². The number of nitrogen functional groups attached to an aromatic ring is 2. The summed E-state index contributed by atoms with van der Waals surface area (Å²) in [6.45, 7) is 0. The van der Waals surface area contributed by atoms with E-state index in [1.807, 2.05) is 12.1 Å². The summed E-state index contributed by atoms with van der Waals surface area (Å²) in [5, 5.41) is 12.7. The van der Waals surface area contributed by atoms with Crippen LogP contribution in [0.4, 0.5) is 17.1 Å². The van der Waals surface area contributed by atoms with Gasteiger partial charge in [-0.3, -0.25) is 0 Å². The molecule has 0 atom stereocenters. The average Bonchev–Trinajstić information content (AvgIpc) is 2.34. The average molecular weight is 259 g/mol. The lowest BCUT2D eigenvalue weighted by molar-refractivity contribution is 0.478. The maximum absolute atomic E-state index is 9.70. The largest absolute Gasteiger partial charge is 0.506 e. The van der Waals surface area contributed by atoms with Gasteiger partial charge in [-0.05, 0) is 30.3 Å². The molecule has 0 unspecified atom stereocenters. The van der Waals surface area contributed by atoms with Gasteiger partial charge in [-0.25, -0.2) is 0 Å². The van der Waals surface area contributed by atoms with Gasteiger partial charge in [0.2, 0.25) is 0 Å². The van der Waals surface area contributed by atoms with Gasteiger partial charge in [-0.1, -0.05) is 21.0 Å². The van der Waals surface area contributed by atoms with Crippen molar-refractivity contribution in [3.8, 4) is 5.75 Å². The van der Waals surface area contributed by atoms with Crippen LogP contribution in [0.5, 0.6) is 5.75 Å². The van der Waals surface area contributed by atoms with Gasteiger partial charge in [0.05, 0.1) is 11.1 Å². The quantitative estimate of drug-likeness (QED) is 0.295. The zero-order valence-electron chi connectivity index (χ0n) is 9.64. The Morgan fingerprint density at radius 1 is 1.00 bits per heavy atom. The molecule has 0 spiro atoms. The summed E-state index contributed by atoms with van der Waals surface area (Å²) >= 11 is 0. The third-order valence-corrected chi connectivity index (χ3v) is 2.89. The first kappa shape index (κ1) is 12.3. The van der Waals surface area contributed by atoms with E-state index in [1.54, 1.807) is 30.3 Å². The molecule has 5 heteroatoms. The molecule has 0 amide bonds. The van der Waals surface area contributed by atoms with Crippen LogP contribution in [0.2, 0.25) is 0 Å². The number of hydrogen-bond donors (Lipinski definition) is 4. The van der Waals surface area contributed by atoms with Gasteiger partial charge in [0.15, 0.2) is 0 Å². The molecule has 2 aromatic rings. The summed E-state index contributed by atoms with van der Waals surface area (Å²) in [6, 6.07) is 12.2. The second-order valence-corrected chi connectivity index (χ2v) is 4.40. The van der Waals surface area contributed by atoms with Gasteiger partial charge in [0, 0.05) is 16.9 Å². The lowest BCUT2D eigenvalue weighted by atomic mass is 10.2. The Balaban J connectivity index is 2.21. The molecule has 0 aliphatic rings. The zero-order valence-corrected chi connectivity index (χ0v) is 10.6. The molecular formula is C13H14N3OP. The van der Waals surface area contributed by atoms with Crippen LogP contribution in [0.15, 0.2) is 42.5 Å². The number of nitrogens with one attached hydrogen (secondary N) is 1. The number of aromatic hydroxyl groups is 1. The first-order valence-corrected chi connectivity index (χ1v) is 5.86. The molecule has 0 saturated heterocycles. The molecule has 0 heterocycles. The summed E-state index contributed by atoms with van der Waals surface area (Å²) in [4.78, 5) is 0. The molecule has 0 radical (unpaired) electrons. The molecule has 0 aromatic heterocycles. The maximum atomic E-state index is 9.70. The minimum Gasteiger partial charge on any atom is -0.506 e. The number of anilines is 3. The predicted molar refractivity (Wildman–Crippen MR) is 79.4 cm³/mol. The Kier molecular flexibility index (Phi) is 3.40. The van der Waals surface area contributed by atoms with Gasteiger partial charge in [0.1, 0.15) is 5.75 Å². The standard InChI is InChI=1S/C13H14N3OP/c14-9-3-1-8(2-4-9)13(18)16-11-7-10(15)5-6-12(11)17/h1-7,16-18H,14-15H2. The number of hydrogen-bond acceptors (Lipinski definition) is 3. The highest BCUT2D eigenvalue weighted by atomic mass is 31.0. The Morgan fingerprint density at radius 2 is 1.61 bits per heavy atom. The summed E-state index contributed by atoms with van der Waals surface area (Å²) < 4.78 is 0. The lowest BCUT2D eigenvalue weighted by Gasteiger charge is -2.11.